The Balaban J connectivity index is 1.67. The summed E-state index contributed by atoms with van der Waals surface area (Å²) in [6, 6.07) is 0. The van der Waals surface area contributed by atoms with Crippen molar-refractivity contribution in [3.05, 3.63) is 0 Å². The van der Waals surface area contributed by atoms with Gasteiger partial charge in [0.15, 0.2) is 30.1 Å². The number of amides is 1. The van der Waals surface area contributed by atoms with Gasteiger partial charge in [0, 0.05) is 13.3 Å². The number of carbonyl (C=O) groups is 1. The summed E-state index contributed by atoms with van der Waals surface area (Å²) in [5.74, 6) is -1.36. The molecule has 0 N–H and O–H groups in total. The summed E-state index contributed by atoms with van der Waals surface area (Å²) in [6.07, 6.45) is 1.21. The van der Waals surface area contributed by atoms with Crippen LogP contribution in [-0.2, 0) is 33.2 Å². The predicted molar refractivity (Wildman–Crippen MR) is 102 cm³/mol. The lowest BCUT2D eigenvalue weighted by Gasteiger charge is -2.39. The van der Waals surface area contributed by atoms with Crippen molar-refractivity contribution >= 4 is 11.8 Å². The lowest BCUT2D eigenvalue weighted by Crippen LogP contribution is -2.63. The van der Waals surface area contributed by atoms with Gasteiger partial charge >= 0.3 is 0 Å². The number of rotatable bonds is 5. The molecule has 0 bridgehead atoms. The number of ether oxygens (including phenoxy) is 6. The van der Waals surface area contributed by atoms with Crippen molar-refractivity contribution in [1.29, 1.82) is 0 Å². The minimum Gasteiger partial charge on any atom is -0.445 e. The van der Waals surface area contributed by atoms with Crippen molar-refractivity contribution in [3.63, 3.8) is 0 Å². The van der Waals surface area contributed by atoms with Crippen molar-refractivity contribution in [1.82, 2.24) is 5.01 Å². The van der Waals surface area contributed by atoms with E-state index in [-0.39, 0.29) is 5.91 Å². The molecule has 0 aromatic carbocycles. The van der Waals surface area contributed by atoms with Gasteiger partial charge in [0.05, 0.1) is 6.61 Å². The van der Waals surface area contributed by atoms with E-state index >= 15 is 0 Å². The molecule has 0 saturated carbocycles. The van der Waals surface area contributed by atoms with Crippen molar-refractivity contribution in [2.24, 2.45) is 5.10 Å². The minimum atomic E-state index is -1.29. The highest BCUT2D eigenvalue weighted by Crippen LogP contribution is 2.51. The van der Waals surface area contributed by atoms with E-state index in [0.717, 1.165) is 19.3 Å². The van der Waals surface area contributed by atoms with Crippen LogP contribution >= 0.6 is 0 Å². The fourth-order valence-electron chi connectivity index (χ4n) is 4.47. The highest BCUT2D eigenvalue weighted by Gasteiger charge is 2.73. The molecule has 0 aliphatic carbocycles. The van der Waals surface area contributed by atoms with Gasteiger partial charge in [-0.05, 0) is 34.1 Å². The molecule has 1 amide bonds. The molecule has 4 aliphatic rings. The standard InChI is InChI=1S/C20H32N2O7/c1-7-8-9-10-14-21-22(12(2)23)20(27-14)15(13-11-24-18(3,4)26-13)25-17-16(20)28-19(5,6)29-17/h13,15-17H,7-11H2,1-6H3/t13-,15-,16+,17-,20+/m1/s1. The van der Waals surface area contributed by atoms with Crippen molar-refractivity contribution in [2.75, 3.05) is 6.61 Å². The first-order chi connectivity index (χ1) is 13.6. The molecule has 9 heteroatoms. The molecule has 4 heterocycles. The number of hydrogen-bond acceptors (Lipinski definition) is 8. The van der Waals surface area contributed by atoms with Crippen molar-refractivity contribution < 1.29 is 33.2 Å². The Bertz CT molecular complexity index is 694. The SMILES string of the molecule is CCCCCC1=NN(C(C)=O)[C@]2(O1)[C@@H]([C@H]1COC(C)(C)O1)O[C@@H]1OC(C)(C)O[C@@H]12. The first kappa shape index (κ1) is 21.0. The van der Waals surface area contributed by atoms with Gasteiger partial charge in [-0.25, -0.2) is 0 Å². The smallest absolute Gasteiger partial charge is 0.266 e. The Kier molecular flexibility index (Phi) is 5.18. The monoisotopic (exact) mass is 412 g/mol. The van der Waals surface area contributed by atoms with Gasteiger partial charge in [0.1, 0.15) is 6.10 Å². The van der Waals surface area contributed by atoms with Gasteiger partial charge in [-0.3, -0.25) is 4.79 Å². The zero-order chi connectivity index (χ0) is 21.0. The third-order valence-corrected chi connectivity index (χ3v) is 5.64. The molecule has 4 aliphatic heterocycles. The summed E-state index contributed by atoms with van der Waals surface area (Å²) in [5.41, 5.74) is -1.29. The van der Waals surface area contributed by atoms with Gasteiger partial charge in [-0.2, -0.15) is 5.01 Å². The van der Waals surface area contributed by atoms with Crippen LogP contribution in [-0.4, -0.2) is 65.3 Å². The Labute approximate surface area is 171 Å². The molecule has 0 aromatic heterocycles. The molecule has 1 spiro atoms. The summed E-state index contributed by atoms with van der Waals surface area (Å²) in [7, 11) is 0. The number of hydrogen-bond donors (Lipinski definition) is 0. The van der Waals surface area contributed by atoms with E-state index in [0.29, 0.717) is 18.9 Å². The second-order valence-corrected chi connectivity index (χ2v) is 8.98. The number of nitrogens with zero attached hydrogens (tertiary/aromatic N) is 2. The van der Waals surface area contributed by atoms with Crippen LogP contribution in [0.15, 0.2) is 5.10 Å². The largest absolute Gasteiger partial charge is 0.445 e. The Hall–Kier alpha value is -1.26. The molecule has 164 valence electrons. The summed E-state index contributed by atoms with van der Waals surface area (Å²) in [4.78, 5) is 12.6. The average molecular weight is 412 g/mol. The zero-order valence-electron chi connectivity index (χ0n) is 18.1. The average Bonchev–Trinajstić information content (AvgIpc) is 3.31. The van der Waals surface area contributed by atoms with E-state index in [4.69, 9.17) is 28.4 Å². The van der Waals surface area contributed by atoms with Crippen LogP contribution < -0.4 is 0 Å². The van der Waals surface area contributed by atoms with Crippen LogP contribution in [0.2, 0.25) is 0 Å². The van der Waals surface area contributed by atoms with E-state index < -0.39 is 41.9 Å². The first-order valence-electron chi connectivity index (χ1n) is 10.5. The summed E-state index contributed by atoms with van der Waals surface area (Å²) < 4.78 is 36.6. The number of carbonyl (C=O) groups excluding carboxylic acids is 1. The fraction of sp³-hybridized carbons (Fsp3) is 0.900. The minimum absolute atomic E-state index is 0.253. The number of unbranched alkanes of at least 4 members (excludes halogenated alkanes) is 2. The summed E-state index contributed by atoms with van der Waals surface area (Å²) >= 11 is 0. The van der Waals surface area contributed by atoms with E-state index in [1.807, 2.05) is 27.7 Å². The number of fused-ring (bicyclic) bond motifs is 2. The normalized spacial score (nSPS) is 39.7. The molecule has 0 radical (unpaired) electrons. The van der Waals surface area contributed by atoms with Gasteiger partial charge in [-0.1, -0.05) is 19.8 Å². The van der Waals surface area contributed by atoms with Crippen molar-refractivity contribution in [3.8, 4) is 0 Å². The molecule has 5 atom stereocenters. The molecule has 3 fully saturated rings. The maximum atomic E-state index is 12.6. The van der Waals surface area contributed by atoms with Crippen LogP contribution in [0.3, 0.4) is 0 Å². The molecular formula is C20H32N2O7. The van der Waals surface area contributed by atoms with Crippen LogP contribution in [0.1, 0.15) is 67.2 Å². The van der Waals surface area contributed by atoms with Crippen LogP contribution in [0, 0.1) is 0 Å². The third-order valence-electron chi connectivity index (χ3n) is 5.64. The van der Waals surface area contributed by atoms with Gasteiger partial charge < -0.3 is 28.4 Å². The van der Waals surface area contributed by atoms with Gasteiger partial charge in [0.2, 0.25) is 11.8 Å². The molecule has 29 heavy (non-hydrogen) atoms. The maximum Gasteiger partial charge on any atom is 0.266 e. The van der Waals surface area contributed by atoms with E-state index in [1.165, 1.54) is 11.9 Å². The lowest BCUT2D eigenvalue weighted by atomic mass is 9.97. The van der Waals surface area contributed by atoms with Crippen LogP contribution in [0.5, 0.6) is 0 Å². The first-order valence-corrected chi connectivity index (χ1v) is 10.5. The Morgan fingerprint density at radius 2 is 1.86 bits per heavy atom. The fourth-order valence-corrected chi connectivity index (χ4v) is 4.47. The lowest BCUT2D eigenvalue weighted by molar-refractivity contribution is -0.262. The second-order valence-electron chi connectivity index (χ2n) is 8.98. The summed E-state index contributed by atoms with van der Waals surface area (Å²) in [5, 5.41) is 5.89. The van der Waals surface area contributed by atoms with Gasteiger partial charge in [0.25, 0.3) is 5.72 Å². The topological polar surface area (TPSA) is 88.1 Å². The van der Waals surface area contributed by atoms with E-state index in [9.17, 15) is 4.79 Å². The molecule has 9 nitrogen and oxygen atoms in total. The van der Waals surface area contributed by atoms with Crippen molar-refractivity contribution in [2.45, 2.75) is 109 Å². The highest BCUT2D eigenvalue weighted by molar-refractivity contribution is 5.83. The molecule has 0 unspecified atom stereocenters. The maximum absolute atomic E-state index is 12.6. The zero-order valence-corrected chi connectivity index (χ0v) is 18.1. The quantitative estimate of drug-likeness (QED) is 0.641. The van der Waals surface area contributed by atoms with Crippen LogP contribution in [0.4, 0.5) is 0 Å². The molecule has 4 rings (SSSR count). The highest BCUT2D eigenvalue weighted by atomic mass is 16.9. The third kappa shape index (κ3) is 3.57. The molecule has 3 saturated heterocycles. The predicted octanol–water partition coefficient (Wildman–Crippen LogP) is 2.48. The van der Waals surface area contributed by atoms with Gasteiger partial charge in [-0.15, -0.1) is 5.10 Å². The summed E-state index contributed by atoms with van der Waals surface area (Å²) in [6.45, 7) is 11.2. The van der Waals surface area contributed by atoms with E-state index in [2.05, 4.69) is 12.0 Å². The Morgan fingerprint density at radius 1 is 1.10 bits per heavy atom. The van der Waals surface area contributed by atoms with Crippen LogP contribution in [0.25, 0.3) is 0 Å². The molecular weight excluding hydrogens is 380 g/mol. The number of hydrazone groups is 1. The van der Waals surface area contributed by atoms with E-state index in [1.54, 1.807) is 0 Å². The molecule has 0 aromatic rings. The second kappa shape index (κ2) is 7.16. The Morgan fingerprint density at radius 3 is 2.48 bits per heavy atom.